The number of ether oxygens (including phenoxy) is 3. The van der Waals surface area contributed by atoms with Gasteiger partial charge in [0.05, 0.1) is 10.6 Å². The average Bonchev–Trinajstić information content (AvgIpc) is 3.21. The van der Waals surface area contributed by atoms with Crippen LogP contribution < -0.4 is 19.5 Å². The second kappa shape index (κ2) is 11.2. The minimum Gasteiger partial charge on any atom is -0.490 e. The fraction of sp³-hybridized carbons (Fsp3) is 0.481. The van der Waals surface area contributed by atoms with Gasteiger partial charge < -0.3 is 34.6 Å². The van der Waals surface area contributed by atoms with Crippen molar-refractivity contribution in [2.75, 3.05) is 33.3 Å². The molecule has 3 N–H and O–H groups in total. The Morgan fingerprint density at radius 3 is 2.55 bits per heavy atom. The first-order valence-corrected chi connectivity index (χ1v) is 13.2. The first-order chi connectivity index (χ1) is 17.9. The highest BCUT2D eigenvalue weighted by molar-refractivity contribution is 6.32. The van der Waals surface area contributed by atoms with Gasteiger partial charge in [0.1, 0.15) is 35.6 Å². The summed E-state index contributed by atoms with van der Waals surface area (Å²) in [5.41, 5.74) is -0.527. The number of aliphatic hydroxyl groups is 1. The molecule has 11 heteroatoms. The Bertz CT molecular complexity index is 1210. The highest BCUT2D eigenvalue weighted by atomic mass is 35.5. The number of hydrogen-bond donors (Lipinski definition) is 3. The Kier molecular flexibility index (Phi) is 8.32. The minimum atomic E-state index is -1.56. The number of nitrogens with zero attached hydrogens (tertiary/aromatic N) is 1. The number of likely N-dealkylation sites (tertiary alicyclic amines) is 1. The maximum atomic E-state index is 12.4. The second-order valence-electron chi connectivity index (χ2n) is 10.3. The van der Waals surface area contributed by atoms with Gasteiger partial charge in [-0.25, -0.2) is 4.79 Å². The predicted octanol–water partition coefficient (Wildman–Crippen LogP) is 3.80. The fourth-order valence-electron chi connectivity index (χ4n) is 4.72. The Morgan fingerprint density at radius 1 is 1.18 bits per heavy atom. The van der Waals surface area contributed by atoms with Crippen molar-refractivity contribution in [2.45, 2.75) is 50.4 Å². The highest BCUT2D eigenvalue weighted by Crippen LogP contribution is 2.42. The first kappa shape index (κ1) is 28.3. The van der Waals surface area contributed by atoms with E-state index in [-0.39, 0.29) is 34.3 Å². The van der Waals surface area contributed by atoms with Crippen molar-refractivity contribution in [2.24, 2.45) is 0 Å². The number of aliphatic carboxylic acids is 1. The van der Waals surface area contributed by atoms with Gasteiger partial charge in [-0.2, -0.15) is 0 Å². The zero-order valence-electron chi connectivity index (χ0n) is 21.6. The molecule has 0 radical (unpaired) electrons. The summed E-state index contributed by atoms with van der Waals surface area (Å²) in [5.74, 6) is -0.559. The molecule has 1 spiro atoms. The molecule has 0 unspecified atom stereocenters. The van der Waals surface area contributed by atoms with Crippen LogP contribution >= 0.6 is 23.2 Å². The Hall–Kier alpha value is -2.72. The van der Waals surface area contributed by atoms with Crippen LogP contribution in [0.15, 0.2) is 30.3 Å². The minimum absolute atomic E-state index is 0.0522. The van der Waals surface area contributed by atoms with E-state index in [0.717, 1.165) is 43.7 Å². The molecule has 2 aliphatic heterocycles. The number of piperidine rings is 1. The molecule has 1 fully saturated rings. The zero-order chi connectivity index (χ0) is 27.7. The molecule has 2 aromatic rings. The van der Waals surface area contributed by atoms with E-state index < -0.39 is 23.6 Å². The van der Waals surface area contributed by atoms with Gasteiger partial charge in [0.25, 0.3) is 5.91 Å². The maximum absolute atomic E-state index is 12.4. The van der Waals surface area contributed by atoms with E-state index in [1.165, 1.54) is 33.0 Å². The number of fused-ring (bicyclic) bond motifs is 1. The lowest BCUT2D eigenvalue weighted by Crippen LogP contribution is -2.49. The van der Waals surface area contributed by atoms with Crippen LogP contribution in [0, 0.1) is 0 Å². The number of hydrogen-bond acceptors (Lipinski definition) is 7. The molecular formula is C27H32Cl2N2O7. The Labute approximate surface area is 231 Å². The first-order valence-electron chi connectivity index (χ1n) is 12.4. The van der Waals surface area contributed by atoms with Crippen molar-refractivity contribution < 1.29 is 34.0 Å². The predicted molar refractivity (Wildman–Crippen MR) is 143 cm³/mol. The van der Waals surface area contributed by atoms with Crippen molar-refractivity contribution in [1.82, 2.24) is 10.2 Å². The van der Waals surface area contributed by atoms with Crippen molar-refractivity contribution in [3.8, 4) is 17.2 Å². The fourth-order valence-corrected chi connectivity index (χ4v) is 5.12. The number of halogens is 2. The van der Waals surface area contributed by atoms with Gasteiger partial charge in [-0.15, -0.1) is 0 Å². The summed E-state index contributed by atoms with van der Waals surface area (Å²) < 4.78 is 17.7. The van der Waals surface area contributed by atoms with E-state index in [2.05, 4.69) is 10.2 Å². The summed E-state index contributed by atoms with van der Waals surface area (Å²) in [6.07, 6.45) is 1.64. The van der Waals surface area contributed by atoms with Crippen molar-refractivity contribution in [1.29, 1.82) is 0 Å². The van der Waals surface area contributed by atoms with Gasteiger partial charge in [0, 0.05) is 57.0 Å². The van der Waals surface area contributed by atoms with Gasteiger partial charge >= 0.3 is 5.97 Å². The number of carbonyl (C=O) groups excluding carboxylic acids is 1. The molecule has 1 amide bonds. The molecule has 9 nitrogen and oxygen atoms in total. The third-order valence-electron chi connectivity index (χ3n) is 6.92. The summed E-state index contributed by atoms with van der Waals surface area (Å²) in [6.45, 7) is 4.57. The van der Waals surface area contributed by atoms with Crippen molar-refractivity contribution >= 4 is 35.1 Å². The van der Waals surface area contributed by atoms with Crippen LogP contribution in [0.4, 0.5) is 0 Å². The number of benzene rings is 2. The second-order valence-corrected chi connectivity index (χ2v) is 11.1. The quantitative estimate of drug-likeness (QED) is 0.419. The van der Waals surface area contributed by atoms with Crippen LogP contribution in [-0.4, -0.2) is 77.6 Å². The van der Waals surface area contributed by atoms with Gasteiger partial charge in [-0.1, -0.05) is 23.2 Å². The molecule has 38 heavy (non-hydrogen) atoms. The molecule has 1 atom stereocenters. The summed E-state index contributed by atoms with van der Waals surface area (Å²) in [6, 6.07) is 8.44. The van der Waals surface area contributed by atoms with E-state index in [0.29, 0.717) is 11.6 Å². The van der Waals surface area contributed by atoms with Crippen LogP contribution in [-0.2, 0) is 11.2 Å². The normalized spacial score (nSPS) is 17.4. The van der Waals surface area contributed by atoms with E-state index in [4.69, 9.17) is 37.4 Å². The zero-order valence-corrected chi connectivity index (χ0v) is 23.1. The number of aliphatic hydroxyl groups excluding tert-OH is 1. The van der Waals surface area contributed by atoms with E-state index in [1.807, 2.05) is 18.2 Å². The molecule has 2 aromatic carbocycles. The molecule has 0 bridgehead atoms. The van der Waals surface area contributed by atoms with Gasteiger partial charge in [-0.05, 0) is 43.7 Å². The number of nitrogens with one attached hydrogen (secondary N) is 1. The third-order valence-corrected chi connectivity index (χ3v) is 7.45. The molecule has 0 aromatic heterocycles. The summed E-state index contributed by atoms with van der Waals surface area (Å²) >= 11 is 12.4. The molecule has 0 aliphatic carbocycles. The lowest BCUT2D eigenvalue weighted by atomic mass is 9.87. The molecule has 4 rings (SSSR count). The van der Waals surface area contributed by atoms with Crippen LogP contribution in [0.5, 0.6) is 17.2 Å². The van der Waals surface area contributed by atoms with Gasteiger partial charge in [0.15, 0.2) is 5.60 Å². The summed E-state index contributed by atoms with van der Waals surface area (Å²) in [4.78, 5) is 26.0. The van der Waals surface area contributed by atoms with E-state index >= 15 is 0 Å². The lowest BCUT2D eigenvalue weighted by molar-refractivity contribution is -0.152. The number of carbonyl (C=O) groups is 2. The lowest BCUT2D eigenvalue weighted by Gasteiger charge is -2.39. The van der Waals surface area contributed by atoms with Crippen LogP contribution in [0.1, 0.15) is 42.6 Å². The molecule has 1 saturated heterocycles. The van der Waals surface area contributed by atoms with Crippen LogP contribution in [0.2, 0.25) is 10.0 Å². The largest absolute Gasteiger partial charge is 0.490 e. The standard InChI is InChI=1S/C27H32Cl2N2O7/c1-26(2,25(34)35)37-23-12-22(19(11-20(23)29)24(33)30-3)36-15-18(32)14-31-8-6-27(7-9-31)13-16-10-17(28)4-5-21(16)38-27/h4-5,10-12,18,32H,6-9,13-15H2,1-3H3,(H,30,33)(H,34,35)/t18-/m0/s1. The summed E-state index contributed by atoms with van der Waals surface area (Å²) in [7, 11) is 1.47. The number of β-amino-alcohol motifs (C(OH)–C–C–N with tert-alkyl or cyclic N) is 1. The van der Waals surface area contributed by atoms with Crippen LogP contribution in [0.25, 0.3) is 0 Å². The smallest absolute Gasteiger partial charge is 0.347 e. The monoisotopic (exact) mass is 566 g/mol. The third kappa shape index (κ3) is 6.29. The topological polar surface area (TPSA) is 118 Å². The van der Waals surface area contributed by atoms with Crippen LogP contribution in [0.3, 0.4) is 0 Å². The molecule has 206 valence electrons. The molecule has 2 aliphatic rings. The van der Waals surface area contributed by atoms with E-state index in [9.17, 15) is 19.8 Å². The number of carboxylic acid groups (broad SMARTS) is 1. The summed E-state index contributed by atoms with van der Waals surface area (Å²) in [5, 5.41) is 23.4. The number of carboxylic acids is 1. The van der Waals surface area contributed by atoms with Gasteiger partial charge in [0.2, 0.25) is 0 Å². The van der Waals surface area contributed by atoms with E-state index in [1.54, 1.807) is 0 Å². The molecular weight excluding hydrogens is 535 g/mol. The number of rotatable bonds is 9. The van der Waals surface area contributed by atoms with Crippen molar-refractivity contribution in [3.05, 3.63) is 51.5 Å². The molecule has 2 heterocycles. The molecule has 0 saturated carbocycles. The highest BCUT2D eigenvalue weighted by Gasteiger charge is 2.42. The maximum Gasteiger partial charge on any atom is 0.347 e. The average molecular weight is 567 g/mol. The Balaban J connectivity index is 1.36. The number of amides is 1. The van der Waals surface area contributed by atoms with Gasteiger partial charge in [-0.3, -0.25) is 4.79 Å². The van der Waals surface area contributed by atoms with Crippen molar-refractivity contribution in [3.63, 3.8) is 0 Å². The Morgan fingerprint density at radius 2 is 1.89 bits per heavy atom. The SMILES string of the molecule is CNC(=O)c1cc(Cl)c(OC(C)(C)C(=O)O)cc1OC[C@@H](O)CN1CCC2(CC1)Cc1cc(Cl)ccc1O2.